The molecule has 0 aliphatic rings. The lowest BCUT2D eigenvalue weighted by atomic mass is 10.1. The zero-order valence-electron chi connectivity index (χ0n) is 17.1. The SMILES string of the molecule is CCCC(=O)NCc1ccn2c(-c3ccc(OC)cc3)c(-c3ccccn3)nc2c1. The molecule has 4 rings (SSSR count). The summed E-state index contributed by atoms with van der Waals surface area (Å²) >= 11 is 0. The number of aromatic nitrogens is 3. The van der Waals surface area contributed by atoms with E-state index in [9.17, 15) is 4.79 Å². The Balaban J connectivity index is 1.78. The highest BCUT2D eigenvalue weighted by molar-refractivity contribution is 5.81. The molecule has 0 atom stereocenters. The van der Waals surface area contributed by atoms with E-state index in [1.54, 1.807) is 13.3 Å². The zero-order chi connectivity index (χ0) is 20.9. The molecule has 0 aliphatic heterocycles. The third-order valence-corrected chi connectivity index (χ3v) is 4.93. The fraction of sp³-hybridized carbons (Fsp3) is 0.208. The van der Waals surface area contributed by atoms with E-state index < -0.39 is 0 Å². The van der Waals surface area contributed by atoms with Gasteiger partial charge < -0.3 is 10.1 Å². The number of hydrogen-bond acceptors (Lipinski definition) is 4. The summed E-state index contributed by atoms with van der Waals surface area (Å²) in [6, 6.07) is 17.7. The minimum absolute atomic E-state index is 0.0637. The summed E-state index contributed by atoms with van der Waals surface area (Å²) in [4.78, 5) is 21.2. The highest BCUT2D eigenvalue weighted by Crippen LogP contribution is 2.32. The molecule has 6 nitrogen and oxygen atoms in total. The van der Waals surface area contributed by atoms with Crippen LogP contribution in [0.15, 0.2) is 67.0 Å². The molecular weight excluding hydrogens is 376 g/mol. The third-order valence-electron chi connectivity index (χ3n) is 4.93. The Morgan fingerprint density at radius 1 is 1.13 bits per heavy atom. The van der Waals surface area contributed by atoms with Crippen LogP contribution in [0.2, 0.25) is 0 Å². The number of fused-ring (bicyclic) bond motifs is 1. The Morgan fingerprint density at radius 3 is 2.67 bits per heavy atom. The highest BCUT2D eigenvalue weighted by Gasteiger charge is 2.17. The topological polar surface area (TPSA) is 68.5 Å². The van der Waals surface area contributed by atoms with Gasteiger partial charge >= 0.3 is 0 Å². The van der Waals surface area contributed by atoms with Crippen molar-refractivity contribution in [3.63, 3.8) is 0 Å². The first-order chi connectivity index (χ1) is 14.7. The third kappa shape index (κ3) is 4.03. The number of hydrogen-bond donors (Lipinski definition) is 1. The molecule has 6 heteroatoms. The normalized spacial score (nSPS) is 10.9. The number of carbonyl (C=O) groups is 1. The molecule has 30 heavy (non-hydrogen) atoms. The Bertz CT molecular complexity index is 1150. The number of pyridine rings is 2. The van der Waals surface area contributed by atoms with E-state index >= 15 is 0 Å². The van der Waals surface area contributed by atoms with E-state index in [0.717, 1.165) is 46.0 Å². The molecule has 0 aliphatic carbocycles. The van der Waals surface area contributed by atoms with Gasteiger partial charge in [0, 0.05) is 30.9 Å². The van der Waals surface area contributed by atoms with Crippen molar-refractivity contribution < 1.29 is 9.53 Å². The van der Waals surface area contributed by atoms with E-state index in [1.807, 2.05) is 67.7 Å². The second-order valence-electron chi connectivity index (χ2n) is 7.04. The van der Waals surface area contributed by atoms with Crippen LogP contribution in [-0.4, -0.2) is 27.4 Å². The summed E-state index contributed by atoms with van der Waals surface area (Å²) < 4.78 is 7.36. The first kappa shape index (κ1) is 19.6. The standard InChI is InChI=1S/C24H24N4O2/c1-3-6-22(29)26-16-17-12-14-28-21(15-17)27-23(20-7-4-5-13-25-20)24(28)18-8-10-19(30-2)11-9-18/h4-5,7-15H,3,6,16H2,1-2H3,(H,26,29). The van der Waals surface area contributed by atoms with Gasteiger partial charge in [-0.2, -0.15) is 0 Å². The molecule has 1 aromatic carbocycles. The average Bonchev–Trinajstić information content (AvgIpc) is 3.17. The molecule has 0 spiro atoms. The number of nitrogens with one attached hydrogen (secondary N) is 1. The van der Waals surface area contributed by atoms with E-state index in [0.29, 0.717) is 13.0 Å². The van der Waals surface area contributed by atoms with Crippen molar-refractivity contribution in [2.75, 3.05) is 7.11 Å². The van der Waals surface area contributed by atoms with Crippen LogP contribution < -0.4 is 10.1 Å². The minimum Gasteiger partial charge on any atom is -0.497 e. The highest BCUT2D eigenvalue weighted by atomic mass is 16.5. The van der Waals surface area contributed by atoms with Gasteiger partial charge in [-0.15, -0.1) is 0 Å². The van der Waals surface area contributed by atoms with Crippen molar-refractivity contribution in [1.29, 1.82) is 0 Å². The number of imidazole rings is 1. The van der Waals surface area contributed by atoms with Crippen molar-refractivity contribution in [2.45, 2.75) is 26.3 Å². The lowest BCUT2D eigenvalue weighted by Gasteiger charge is -2.08. The van der Waals surface area contributed by atoms with Gasteiger partial charge in [0.25, 0.3) is 0 Å². The Hall–Kier alpha value is -3.67. The number of amides is 1. The predicted molar refractivity (Wildman–Crippen MR) is 117 cm³/mol. The maximum absolute atomic E-state index is 11.8. The van der Waals surface area contributed by atoms with Crippen molar-refractivity contribution in [1.82, 2.24) is 19.7 Å². The van der Waals surface area contributed by atoms with Gasteiger partial charge in [0.05, 0.1) is 18.5 Å². The maximum atomic E-state index is 11.8. The van der Waals surface area contributed by atoms with Gasteiger partial charge in [-0.1, -0.05) is 13.0 Å². The summed E-state index contributed by atoms with van der Waals surface area (Å²) in [5.74, 6) is 0.867. The molecule has 0 bridgehead atoms. The monoisotopic (exact) mass is 400 g/mol. The van der Waals surface area contributed by atoms with Crippen LogP contribution in [0.3, 0.4) is 0 Å². The van der Waals surface area contributed by atoms with Gasteiger partial charge in [0.15, 0.2) is 0 Å². The van der Waals surface area contributed by atoms with E-state index in [2.05, 4.69) is 14.7 Å². The minimum atomic E-state index is 0.0637. The summed E-state index contributed by atoms with van der Waals surface area (Å²) in [5.41, 5.74) is 5.42. The van der Waals surface area contributed by atoms with Crippen molar-refractivity contribution in [3.8, 4) is 28.4 Å². The van der Waals surface area contributed by atoms with E-state index in [-0.39, 0.29) is 5.91 Å². The predicted octanol–water partition coefficient (Wildman–Crippen LogP) is 4.49. The quantitative estimate of drug-likeness (QED) is 0.496. The number of rotatable bonds is 7. The summed E-state index contributed by atoms with van der Waals surface area (Å²) in [6.45, 7) is 2.48. The fourth-order valence-corrected chi connectivity index (χ4v) is 3.42. The second kappa shape index (κ2) is 8.78. The second-order valence-corrected chi connectivity index (χ2v) is 7.04. The van der Waals surface area contributed by atoms with Crippen LogP contribution in [0.4, 0.5) is 0 Å². The Morgan fingerprint density at radius 2 is 1.97 bits per heavy atom. The first-order valence-electron chi connectivity index (χ1n) is 10.0. The summed E-state index contributed by atoms with van der Waals surface area (Å²) in [6.07, 6.45) is 5.14. The molecule has 3 aromatic heterocycles. The molecular formula is C24H24N4O2. The van der Waals surface area contributed by atoms with Gasteiger partial charge in [-0.25, -0.2) is 4.98 Å². The fourth-order valence-electron chi connectivity index (χ4n) is 3.42. The number of benzene rings is 1. The van der Waals surface area contributed by atoms with Gasteiger partial charge in [0.1, 0.15) is 17.1 Å². The van der Waals surface area contributed by atoms with Crippen LogP contribution in [-0.2, 0) is 11.3 Å². The number of carbonyl (C=O) groups excluding carboxylic acids is 1. The molecule has 0 unspecified atom stereocenters. The van der Waals surface area contributed by atoms with Crippen molar-refractivity contribution in [2.24, 2.45) is 0 Å². The van der Waals surface area contributed by atoms with Crippen molar-refractivity contribution in [3.05, 3.63) is 72.6 Å². The first-order valence-corrected chi connectivity index (χ1v) is 10.0. The van der Waals surface area contributed by atoms with Gasteiger partial charge in [-0.05, 0) is 60.5 Å². The van der Waals surface area contributed by atoms with Gasteiger partial charge in [-0.3, -0.25) is 14.2 Å². The molecule has 3 heterocycles. The number of ether oxygens (including phenoxy) is 1. The van der Waals surface area contributed by atoms with E-state index in [4.69, 9.17) is 9.72 Å². The largest absolute Gasteiger partial charge is 0.497 e. The summed E-state index contributed by atoms with van der Waals surface area (Å²) in [5, 5.41) is 2.96. The molecule has 1 N–H and O–H groups in total. The number of methoxy groups -OCH3 is 1. The van der Waals surface area contributed by atoms with E-state index in [1.165, 1.54) is 0 Å². The molecule has 1 amide bonds. The zero-order valence-corrected chi connectivity index (χ0v) is 17.1. The molecule has 152 valence electrons. The molecule has 0 fully saturated rings. The van der Waals surface area contributed by atoms with Gasteiger partial charge in [0.2, 0.25) is 5.91 Å². The summed E-state index contributed by atoms with van der Waals surface area (Å²) in [7, 11) is 1.66. The molecule has 4 aromatic rings. The lowest BCUT2D eigenvalue weighted by Crippen LogP contribution is -2.22. The van der Waals surface area contributed by atoms with Crippen LogP contribution in [0, 0.1) is 0 Å². The van der Waals surface area contributed by atoms with Crippen LogP contribution in [0.5, 0.6) is 5.75 Å². The van der Waals surface area contributed by atoms with Crippen LogP contribution >= 0.6 is 0 Å². The molecule has 0 saturated heterocycles. The smallest absolute Gasteiger partial charge is 0.220 e. The maximum Gasteiger partial charge on any atom is 0.220 e. The van der Waals surface area contributed by atoms with Crippen LogP contribution in [0.25, 0.3) is 28.3 Å². The Kier molecular flexibility index (Phi) is 5.75. The molecule has 0 radical (unpaired) electrons. The lowest BCUT2D eigenvalue weighted by molar-refractivity contribution is -0.121. The number of nitrogens with zero attached hydrogens (tertiary/aromatic N) is 3. The molecule has 0 saturated carbocycles. The Labute approximate surface area is 175 Å². The van der Waals surface area contributed by atoms with Crippen molar-refractivity contribution >= 4 is 11.6 Å². The van der Waals surface area contributed by atoms with Crippen LogP contribution in [0.1, 0.15) is 25.3 Å². The average molecular weight is 400 g/mol.